The molecule has 1 aromatic carbocycles. The second kappa shape index (κ2) is 7.19. The van der Waals surface area contributed by atoms with Crippen LogP contribution < -0.4 is 4.74 Å². The fraction of sp³-hybridized carbons (Fsp3) is 0.455. The summed E-state index contributed by atoms with van der Waals surface area (Å²) in [5.74, 6) is 0.400. The van der Waals surface area contributed by atoms with Gasteiger partial charge in [-0.2, -0.15) is 8.42 Å². The van der Waals surface area contributed by atoms with E-state index in [0.717, 1.165) is 0 Å². The molecule has 0 aromatic heterocycles. The third-order valence-electron chi connectivity index (χ3n) is 1.94. The monoisotopic (exact) mass is 312 g/mol. The molecule has 0 radical (unpaired) electrons. The zero-order valence-corrected chi connectivity index (χ0v) is 12.1. The molecule has 18 heavy (non-hydrogen) atoms. The van der Waals surface area contributed by atoms with Crippen molar-refractivity contribution in [2.75, 3.05) is 18.2 Å². The quantitative estimate of drug-likeness (QED) is 0.574. The van der Waals surface area contributed by atoms with Crippen LogP contribution in [0, 0.1) is 0 Å². The summed E-state index contributed by atoms with van der Waals surface area (Å²) >= 11 is 11.1. The average molecular weight is 313 g/mol. The molecular formula is C11H14Cl2O4S. The number of ether oxygens (including phenoxy) is 1. The zero-order valence-electron chi connectivity index (χ0n) is 9.81. The molecule has 102 valence electrons. The Morgan fingerprint density at radius 3 is 2.44 bits per heavy atom. The van der Waals surface area contributed by atoms with Gasteiger partial charge in [0.05, 0.1) is 5.75 Å². The highest BCUT2D eigenvalue weighted by Crippen LogP contribution is 2.16. The third kappa shape index (κ3) is 5.91. The predicted octanol–water partition coefficient (Wildman–Crippen LogP) is 2.69. The summed E-state index contributed by atoms with van der Waals surface area (Å²) in [5.41, 5.74) is 0. The van der Waals surface area contributed by atoms with E-state index in [1.807, 2.05) is 0 Å². The molecule has 0 aliphatic heterocycles. The standard InChI is InChI=1S/C11H14Cl2O4S/c1-9(17-18(14,15)7-6-12)8-16-11-4-2-10(13)3-5-11/h2-5,9H,6-8H2,1H3/t9-/m1/s1. The molecule has 0 amide bonds. The minimum atomic E-state index is -3.58. The van der Waals surface area contributed by atoms with Crippen LogP contribution in [0.3, 0.4) is 0 Å². The van der Waals surface area contributed by atoms with Gasteiger partial charge in [0.1, 0.15) is 18.5 Å². The molecule has 0 heterocycles. The van der Waals surface area contributed by atoms with E-state index in [1.165, 1.54) is 0 Å². The first-order valence-electron chi connectivity index (χ1n) is 5.28. The first-order chi connectivity index (χ1) is 8.43. The van der Waals surface area contributed by atoms with Crippen LogP contribution in [0.2, 0.25) is 5.02 Å². The van der Waals surface area contributed by atoms with E-state index in [4.69, 9.17) is 32.1 Å². The van der Waals surface area contributed by atoms with Crippen molar-refractivity contribution in [2.24, 2.45) is 0 Å². The molecule has 0 unspecified atom stereocenters. The lowest BCUT2D eigenvalue weighted by atomic mass is 10.3. The van der Waals surface area contributed by atoms with E-state index in [-0.39, 0.29) is 18.2 Å². The van der Waals surface area contributed by atoms with E-state index < -0.39 is 16.2 Å². The summed E-state index contributed by atoms with van der Waals surface area (Å²) in [4.78, 5) is 0. The van der Waals surface area contributed by atoms with Gasteiger partial charge in [-0.1, -0.05) is 11.6 Å². The first kappa shape index (κ1) is 15.6. The van der Waals surface area contributed by atoms with Crippen molar-refractivity contribution in [2.45, 2.75) is 13.0 Å². The van der Waals surface area contributed by atoms with Crippen LogP contribution in [0.1, 0.15) is 6.92 Å². The molecule has 0 fully saturated rings. The Bertz CT molecular complexity index is 458. The molecule has 0 bridgehead atoms. The van der Waals surface area contributed by atoms with Crippen LogP contribution in [0.4, 0.5) is 0 Å². The minimum absolute atomic E-state index is 0.00704. The van der Waals surface area contributed by atoms with Gasteiger partial charge in [0.15, 0.2) is 0 Å². The Kier molecular flexibility index (Phi) is 6.21. The van der Waals surface area contributed by atoms with Crippen LogP contribution in [0.25, 0.3) is 0 Å². The Balaban J connectivity index is 2.42. The van der Waals surface area contributed by atoms with Gasteiger partial charge >= 0.3 is 0 Å². The van der Waals surface area contributed by atoms with Crippen molar-refractivity contribution in [1.29, 1.82) is 0 Å². The molecule has 7 heteroatoms. The van der Waals surface area contributed by atoms with Crippen LogP contribution in [-0.2, 0) is 14.3 Å². The van der Waals surface area contributed by atoms with Crippen molar-refractivity contribution in [3.63, 3.8) is 0 Å². The number of hydrogen-bond donors (Lipinski definition) is 0. The van der Waals surface area contributed by atoms with Gasteiger partial charge in [0.2, 0.25) is 0 Å². The molecular weight excluding hydrogens is 299 g/mol. The van der Waals surface area contributed by atoms with Crippen molar-refractivity contribution in [1.82, 2.24) is 0 Å². The zero-order chi connectivity index (χ0) is 13.6. The van der Waals surface area contributed by atoms with E-state index in [2.05, 4.69) is 0 Å². The van der Waals surface area contributed by atoms with Gasteiger partial charge < -0.3 is 4.74 Å². The molecule has 1 rings (SSSR count). The molecule has 1 atom stereocenters. The van der Waals surface area contributed by atoms with Gasteiger partial charge in [-0.3, -0.25) is 4.18 Å². The van der Waals surface area contributed by atoms with Gasteiger partial charge in [0.25, 0.3) is 10.1 Å². The third-order valence-corrected chi connectivity index (χ3v) is 3.93. The van der Waals surface area contributed by atoms with Crippen LogP contribution >= 0.6 is 23.2 Å². The van der Waals surface area contributed by atoms with Crippen LogP contribution in [-0.4, -0.2) is 32.8 Å². The Morgan fingerprint density at radius 2 is 1.89 bits per heavy atom. The summed E-state index contributed by atoms with van der Waals surface area (Å²) in [6, 6.07) is 6.77. The normalized spacial score (nSPS) is 13.3. The molecule has 4 nitrogen and oxygen atoms in total. The smallest absolute Gasteiger partial charge is 0.268 e. The SMILES string of the molecule is C[C@H](COc1ccc(Cl)cc1)OS(=O)(=O)CCCl. The van der Waals surface area contributed by atoms with Crippen molar-refractivity contribution in [3.8, 4) is 5.75 Å². The van der Waals surface area contributed by atoms with Gasteiger partial charge in [-0.25, -0.2) is 0 Å². The maximum Gasteiger partial charge on any atom is 0.268 e. The second-order valence-electron chi connectivity index (χ2n) is 3.62. The van der Waals surface area contributed by atoms with Gasteiger partial charge in [-0.15, -0.1) is 11.6 Å². The molecule has 0 aliphatic carbocycles. The second-order valence-corrected chi connectivity index (χ2v) is 6.15. The summed E-state index contributed by atoms with van der Waals surface area (Å²) in [6.45, 7) is 1.74. The number of benzene rings is 1. The van der Waals surface area contributed by atoms with E-state index in [9.17, 15) is 8.42 Å². The summed E-state index contributed by atoms with van der Waals surface area (Å²) in [5, 5.41) is 0.608. The Hall–Kier alpha value is -0.490. The lowest BCUT2D eigenvalue weighted by Gasteiger charge is -2.13. The van der Waals surface area contributed by atoms with Gasteiger partial charge in [0, 0.05) is 10.9 Å². The Labute approximate surface area is 117 Å². The lowest BCUT2D eigenvalue weighted by molar-refractivity contribution is 0.149. The summed E-state index contributed by atoms with van der Waals surface area (Å²) in [7, 11) is -3.58. The Morgan fingerprint density at radius 1 is 1.28 bits per heavy atom. The van der Waals surface area contributed by atoms with Crippen molar-refractivity contribution >= 4 is 33.3 Å². The van der Waals surface area contributed by atoms with Gasteiger partial charge in [-0.05, 0) is 31.2 Å². The van der Waals surface area contributed by atoms with E-state index >= 15 is 0 Å². The number of rotatable bonds is 7. The number of alkyl halides is 1. The average Bonchev–Trinajstić information content (AvgIpc) is 2.27. The molecule has 1 aromatic rings. The summed E-state index contributed by atoms with van der Waals surface area (Å²) < 4.78 is 32.9. The maximum atomic E-state index is 11.3. The highest BCUT2D eigenvalue weighted by molar-refractivity contribution is 7.86. The molecule has 0 saturated heterocycles. The molecule has 0 spiro atoms. The van der Waals surface area contributed by atoms with Crippen LogP contribution in [0.5, 0.6) is 5.75 Å². The molecule has 0 aliphatic rings. The molecule has 0 N–H and O–H groups in total. The maximum absolute atomic E-state index is 11.3. The number of halogens is 2. The number of hydrogen-bond acceptors (Lipinski definition) is 4. The first-order valence-corrected chi connectivity index (χ1v) is 7.77. The fourth-order valence-corrected chi connectivity index (χ4v) is 2.70. The summed E-state index contributed by atoms with van der Waals surface area (Å²) in [6.07, 6.45) is -0.575. The molecule has 0 saturated carbocycles. The van der Waals surface area contributed by atoms with E-state index in [0.29, 0.717) is 10.8 Å². The van der Waals surface area contributed by atoms with Crippen molar-refractivity contribution < 1.29 is 17.3 Å². The predicted molar refractivity (Wildman–Crippen MR) is 72.0 cm³/mol. The lowest BCUT2D eigenvalue weighted by Crippen LogP contribution is -2.24. The highest BCUT2D eigenvalue weighted by atomic mass is 35.5. The van der Waals surface area contributed by atoms with Crippen LogP contribution in [0.15, 0.2) is 24.3 Å². The minimum Gasteiger partial charge on any atom is -0.491 e. The van der Waals surface area contributed by atoms with Crippen molar-refractivity contribution in [3.05, 3.63) is 29.3 Å². The fourth-order valence-electron chi connectivity index (χ4n) is 1.17. The topological polar surface area (TPSA) is 52.6 Å². The highest BCUT2D eigenvalue weighted by Gasteiger charge is 2.15. The van der Waals surface area contributed by atoms with E-state index in [1.54, 1.807) is 31.2 Å². The largest absolute Gasteiger partial charge is 0.491 e.